The molecule has 3 aromatic rings. The number of nitro groups is 1. The molecule has 1 aliphatic carbocycles. The van der Waals surface area contributed by atoms with Crippen LogP contribution >= 0.6 is 0 Å². The number of alkyl halides is 3. The van der Waals surface area contributed by atoms with Crippen LogP contribution in [0.2, 0.25) is 0 Å². The molecule has 2 aromatic carbocycles. The van der Waals surface area contributed by atoms with Crippen molar-refractivity contribution in [3.8, 4) is 0 Å². The van der Waals surface area contributed by atoms with Gasteiger partial charge in [0.25, 0.3) is 5.69 Å². The molecule has 1 aromatic heterocycles. The smallest absolute Gasteiger partial charge is 0.423 e. The maximum Gasteiger partial charge on any atom is 0.423 e. The van der Waals surface area contributed by atoms with Gasteiger partial charge in [0.2, 0.25) is 5.91 Å². The maximum atomic E-state index is 14.0. The second-order valence-electron chi connectivity index (χ2n) is 10.6. The first-order valence-corrected chi connectivity index (χ1v) is 13.6. The summed E-state index contributed by atoms with van der Waals surface area (Å²) in [5, 5.41) is 14.1. The molecule has 9 nitrogen and oxygen atoms in total. The second-order valence-corrected chi connectivity index (χ2v) is 10.6. The summed E-state index contributed by atoms with van der Waals surface area (Å²) >= 11 is 0. The second kappa shape index (κ2) is 12.2. The lowest BCUT2D eigenvalue weighted by atomic mass is 9.92. The van der Waals surface area contributed by atoms with E-state index < -0.39 is 34.0 Å². The van der Waals surface area contributed by atoms with Crippen LogP contribution in [-0.2, 0) is 22.3 Å². The molecule has 0 atom stereocenters. The van der Waals surface area contributed by atoms with Crippen LogP contribution < -0.4 is 5.32 Å². The summed E-state index contributed by atoms with van der Waals surface area (Å²) in [6.45, 7) is 2.45. The summed E-state index contributed by atoms with van der Waals surface area (Å²) in [6.07, 6.45) is -2.57. The lowest BCUT2D eigenvalue weighted by molar-refractivity contribution is -0.388. The Balaban J connectivity index is 1.03. The molecule has 5 rings (SSSR count). The highest BCUT2D eigenvalue weighted by Crippen LogP contribution is 2.38. The minimum absolute atomic E-state index is 0.0749. The third-order valence-electron chi connectivity index (χ3n) is 7.73. The Bertz CT molecular complexity index is 1450. The number of benzene rings is 2. The Kier molecular flexibility index (Phi) is 8.64. The van der Waals surface area contributed by atoms with Crippen LogP contribution in [0.15, 0.2) is 40.8 Å². The van der Waals surface area contributed by atoms with E-state index in [1.807, 2.05) is 0 Å². The van der Waals surface area contributed by atoms with E-state index in [1.54, 1.807) is 4.90 Å². The average molecular weight is 597 g/mol. The van der Waals surface area contributed by atoms with Gasteiger partial charge in [-0.15, -0.1) is 0 Å². The Morgan fingerprint density at radius 1 is 1.05 bits per heavy atom. The van der Waals surface area contributed by atoms with Crippen LogP contribution in [0, 0.1) is 21.7 Å². The van der Waals surface area contributed by atoms with E-state index in [9.17, 15) is 36.9 Å². The normalized spacial score (nSPS) is 20.2. The molecule has 0 radical (unpaired) electrons. The topological polar surface area (TPSA) is 101 Å². The number of ether oxygens (including phenoxy) is 1. The van der Waals surface area contributed by atoms with E-state index >= 15 is 0 Å². The van der Waals surface area contributed by atoms with Crippen molar-refractivity contribution in [3.63, 3.8) is 0 Å². The zero-order chi connectivity index (χ0) is 30.0. The van der Waals surface area contributed by atoms with E-state index in [4.69, 9.17) is 9.15 Å². The van der Waals surface area contributed by atoms with Crippen molar-refractivity contribution < 1.29 is 40.8 Å². The number of nitro benzene ring substituents is 1. The minimum Gasteiger partial charge on any atom is -0.460 e. The fraction of sp³-hybridized carbons (Fsp3) is 0.464. The van der Waals surface area contributed by atoms with Crippen molar-refractivity contribution in [3.05, 3.63) is 69.5 Å². The van der Waals surface area contributed by atoms with Crippen molar-refractivity contribution >= 4 is 28.3 Å². The Labute approximate surface area is 237 Å². The Hall–Kier alpha value is -3.78. The molecule has 14 heteroatoms. The standard InChI is InChI=1S/C28H29F5N4O5/c29-23-6-8-25-21(27(23)30)14-20(42-25)15-35-9-11-36(12-10-35)26(38)16-41-19-4-1-17(2-5-19)34-18-3-7-24(37(39)40)22(13-18)28(31,32)33/h3,6-8,13-14,17,19,34H,1-2,4-5,9-12,15-16H2. The number of piperazine rings is 1. The molecule has 2 aliphatic rings. The number of furan rings is 1. The van der Waals surface area contributed by atoms with Crippen molar-refractivity contribution in [2.45, 2.75) is 50.6 Å². The summed E-state index contributed by atoms with van der Waals surface area (Å²) in [4.78, 5) is 26.4. The zero-order valence-corrected chi connectivity index (χ0v) is 22.5. The Morgan fingerprint density at radius 3 is 2.43 bits per heavy atom. The van der Waals surface area contributed by atoms with Crippen LogP contribution in [0.5, 0.6) is 0 Å². The molecule has 2 fully saturated rings. The van der Waals surface area contributed by atoms with Crippen LogP contribution in [-0.4, -0.2) is 65.6 Å². The number of hydrogen-bond acceptors (Lipinski definition) is 7. The van der Waals surface area contributed by atoms with E-state index in [0.29, 0.717) is 64.2 Å². The number of nitrogens with zero attached hydrogens (tertiary/aromatic N) is 3. The van der Waals surface area contributed by atoms with Gasteiger partial charge in [-0.05, 0) is 56.0 Å². The molecule has 1 saturated heterocycles. The zero-order valence-electron chi connectivity index (χ0n) is 22.5. The minimum atomic E-state index is -4.85. The monoisotopic (exact) mass is 596 g/mol. The van der Waals surface area contributed by atoms with Crippen molar-refractivity contribution in [2.75, 3.05) is 38.1 Å². The van der Waals surface area contributed by atoms with Gasteiger partial charge in [0, 0.05) is 44.0 Å². The molecule has 1 N–H and O–H groups in total. The molecule has 1 aliphatic heterocycles. The number of amides is 1. The van der Waals surface area contributed by atoms with Gasteiger partial charge in [0.1, 0.15) is 23.5 Å². The fourth-order valence-electron chi connectivity index (χ4n) is 5.46. The molecule has 1 amide bonds. The number of nitrogens with one attached hydrogen (secondary N) is 1. The van der Waals surface area contributed by atoms with Gasteiger partial charge in [-0.25, -0.2) is 8.78 Å². The molecule has 0 unspecified atom stereocenters. The number of halogens is 5. The van der Waals surface area contributed by atoms with Crippen molar-refractivity contribution in [2.24, 2.45) is 0 Å². The highest BCUT2D eigenvalue weighted by atomic mass is 19.4. The Morgan fingerprint density at radius 2 is 1.76 bits per heavy atom. The van der Waals surface area contributed by atoms with Gasteiger partial charge in [0.05, 0.1) is 23.0 Å². The van der Waals surface area contributed by atoms with E-state index in [0.717, 1.165) is 18.2 Å². The number of carbonyl (C=O) groups is 1. The molecule has 0 bridgehead atoms. The molecule has 2 heterocycles. The molecular formula is C28H29F5N4O5. The number of anilines is 1. The largest absolute Gasteiger partial charge is 0.460 e. The lowest BCUT2D eigenvalue weighted by Crippen LogP contribution is -2.49. The van der Waals surface area contributed by atoms with Gasteiger partial charge in [-0.3, -0.25) is 19.8 Å². The van der Waals surface area contributed by atoms with Gasteiger partial charge in [0.15, 0.2) is 11.6 Å². The highest BCUT2D eigenvalue weighted by Gasteiger charge is 2.38. The van der Waals surface area contributed by atoms with Crippen LogP contribution in [0.1, 0.15) is 37.0 Å². The fourth-order valence-corrected chi connectivity index (χ4v) is 5.46. The summed E-state index contributed by atoms with van der Waals surface area (Å²) in [5.41, 5.74) is -1.85. The number of fused-ring (bicyclic) bond motifs is 1. The van der Waals surface area contributed by atoms with E-state index in [1.165, 1.54) is 18.2 Å². The summed E-state index contributed by atoms with van der Waals surface area (Å²) in [5.74, 6) is -1.50. The van der Waals surface area contributed by atoms with E-state index in [2.05, 4.69) is 10.2 Å². The van der Waals surface area contributed by atoms with Crippen LogP contribution in [0.25, 0.3) is 11.0 Å². The number of hydrogen-bond donors (Lipinski definition) is 1. The molecule has 0 spiro atoms. The highest BCUT2D eigenvalue weighted by molar-refractivity contribution is 5.79. The predicted molar refractivity (Wildman–Crippen MR) is 142 cm³/mol. The van der Waals surface area contributed by atoms with Crippen LogP contribution in [0.3, 0.4) is 0 Å². The number of carbonyl (C=O) groups excluding carboxylic acids is 1. The summed E-state index contributed by atoms with van der Waals surface area (Å²) < 4.78 is 78.7. The maximum absolute atomic E-state index is 14.0. The average Bonchev–Trinajstić information content (AvgIpc) is 3.37. The first-order valence-electron chi connectivity index (χ1n) is 13.6. The molecule has 1 saturated carbocycles. The van der Waals surface area contributed by atoms with Gasteiger partial charge in [-0.2, -0.15) is 13.2 Å². The van der Waals surface area contributed by atoms with Gasteiger partial charge < -0.3 is 19.4 Å². The van der Waals surface area contributed by atoms with Crippen molar-refractivity contribution in [1.82, 2.24) is 9.80 Å². The summed E-state index contributed by atoms with van der Waals surface area (Å²) in [6, 6.07) is 6.67. The first kappa shape index (κ1) is 29.7. The molecule has 42 heavy (non-hydrogen) atoms. The SMILES string of the molecule is O=C(COC1CCC(Nc2ccc([N+](=O)[O-])c(C(F)(F)F)c2)CC1)N1CCN(Cc2cc3c(F)c(F)ccc3o2)CC1. The van der Waals surface area contributed by atoms with Gasteiger partial charge in [-0.1, -0.05) is 0 Å². The van der Waals surface area contributed by atoms with E-state index in [-0.39, 0.29) is 41.3 Å². The van der Waals surface area contributed by atoms with Crippen LogP contribution in [0.4, 0.5) is 33.3 Å². The number of rotatable bonds is 8. The first-order chi connectivity index (χ1) is 20.0. The third kappa shape index (κ3) is 6.81. The van der Waals surface area contributed by atoms with Gasteiger partial charge >= 0.3 is 6.18 Å². The molecule has 226 valence electrons. The summed E-state index contributed by atoms with van der Waals surface area (Å²) in [7, 11) is 0. The third-order valence-corrected chi connectivity index (χ3v) is 7.73. The molecular weight excluding hydrogens is 567 g/mol. The predicted octanol–water partition coefficient (Wildman–Crippen LogP) is 5.72. The van der Waals surface area contributed by atoms with Crippen molar-refractivity contribution in [1.29, 1.82) is 0 Å². The lowest BCUT2D eigenvalue weighted by Gasteiger charge is -2.35. The quantitative estimate of drug-likeness (QED) is 0.202.